The number of nitrogens with zero attached hydrogens (tertiary/aromatic N) is 1. The second kappa shape index (κ2) is 2.69. The van der Waals surface area contributed by atoms with Crippen LogP contribution in [0.25, 0.3) is 0 Å². The molecule has 0 aliphatic carbocycles. The average molecular weight is 138 g/mol. The zero-order chi connectivity index (χ0) is 7.56. The van der Waals surface area contributed by atoms with Gasteiger partial charge in [-0.3, -0.25) is 0 Å². The predicted octanol–water partition coefficient (Wildman–Crippen LogP) is 1.26. The Balaban J connectivity index is 2.96. The number of hydrogen-bond acceptors (Lipinski definition) is 1. The normalized spacial score (nSPS) is 10.3. The molecule has 0 atom stereocenters. The molecule has 0 spiro atoms. The third-order valence-electron chi connectivity index (χ3n) is 1.40. The maximum Gasteiger partial charge on any atom is 0.211 e. The summed E-state index contributed by atoms with van der Waals surface area (Å²) in [7, 11) is 0. The van der Waals surface area contributed by atoms with Crippen LogP contribution in [0.1, 0.15) is 19.9 Å². The lowest BCUT2D eigenvalue weighted by molar-refractivity contribution is -0.716. The van der Waals surface area contributed by atoms with Crippen LogP contribution in [0.5, 0.6) is 5.75 Å². The van der Waals surface area contributed by atoms with Gasteiger partial charge in [-0.2, -0.15) is 4.57 Å². The highest BCUT2D eigenvalue weighted by Crippen LogP contribution is 2.02. The van der Waals surface area contributed by atoms with Crippen LogP contribution in [0.3, 0.4) is 0 Å². The van der Waals surface area contributed by atoms with E-state index in [4.69, 9.17) is 5.11 Å². The molecule has 0 saturated heterocycles. The quantitative estimate of drug-likeness (QED) is 0.580. The van der Waals surface area contributed by atoms with Gasteiger partial charge in [0.1, 0.15) is 0 Å². The number of hydrogen-bond donors (Lipinski definition) is 1. The van der Waals surface area contributed by atoms with Gasteiger partial charge in [0.15, 0.2) is 18.0 Å². The molecular formula is C8H12NO+. The second-order valence-electron chi connectivity index (χ2n) is 2.60. The molecule has 2 nitrogen and oxygen atoms in total. The molecule has 0 amide bonds. The van der Waals surface area contributed by atoms with E-state index in [2.05, 4.69) is 13.8 Å². The van der Waals surface area contributed by atoms with Gasteiger partial charge in [0, 0.05) is 6.07 Å². The highest BCUT2D eigenvalue weighted by Gasteiger charge is 2.04. The fourth-order valence-electron chi connectivity index (χ4n) is 0.801. The monoisotopic (exact) mass is 138 g/mol. The van der Waals surface area contributed by atoms with Crippen molar-refractivity contribution in [2.24, 2.45) is 0 Å². The van der Waals surface area contributed by atoms with Crippen LogP contribution in [0.15, 0.2) is 24.5 Å². The Bertz CT molecular complexity index is 220. The Kier molecular flexibility index (Phi) is 1.90. The van der Waals surface area contributed by atoms with Crippen LogP contribution < -0.4 is 4.57 Å². The molecule has 0 unspecified atom stereocenters. The van der Waals surface area contributed by atoms with Crippen LogP contribution in [-0.2, 0) is 0 Å². The number of aromatic nitrogens is 1. The Morgan fingerprint density at radius 1 is 1.50 bits per heavy atom. The van der Waals surface area contributed by atoms with E-state index in [-0.39, 0.29) is 0 Å². The summed E-state index contributed by atoms with van der Waals surface area (Å²) in [5.41, 5.74) is 0. The number of aromatic hydroxyl groups is 1. The van der Waals surface area contributed by atoms with Crippen LogP contribution >= 0.6 is 0 Å². The van der Waals surface area contributed by atoms with Gasteiger partial charge in [-0.05, 0) is 19.9 Å². The minimum Gasteiger partial charge on any atom is -0.503 e. The highest BCUT2D eigenvalue weighted by atomic mass is 16.3. The molecule has 10 heavy (non-hydrogen) atoms. The maximum atomic E-state index is 9.04. The average Bonchev–Trinajstić information content (AvgIpc) is 1.88. The molecule has 1 N–H and O–H groups in total. The van der Waals surface area contributed by atoms with Crippen molar-refractivity contribution in [3.8, 4) is 5.75 Å². The fourth-order valence-corrected chi connectivity index (χ4v) is 0.801. The second-order valence-corrected chi connectivity index (χ2v) is 2.60. The lowest BCUT2D eigenvalue weighted by Gasteiger charge is -1.98. The van der Waals surface area contributed by atoms with Crippen molar-refractivity contribution in [1.82, 2.24) is 0 Å². The Hall–Kier alpha value is -1.05. The molecule has 54 valence electrons. The summed E-state index contributed by atoms with van der Waals surface area (Å²) in [5.74, 6) is 0.316. The summed E-state index contributed by atoms with van der Waals surface area (Å²) in [5, 5.41) is 9.04. The van der Waals surface area contributed by atoms with Crippen molar-refractivity contribution in [3.63, 3.8) is 0 Å². The molecule has 0 fully saturated rings. The minimum absolute atomic E-state index is 0.316. The molecule has 0 bridgehead atoms. The van der Waals surface area contributed by atoms with Crippen LogP contribution in [0.4, 0.5) is 0 Å². The first kappa shape index (κ1) is 7.06. The summed E-state index contributed by atoms with van der Waals surface area (Å²) in [6.45, 7) is 4.14. The van der Waals surface area contributed by atoms with Gasteiger partial charge in [0.2, 0.25) is 6.20 Å². The van der Waals surface area contributed by atoms with Crippen LogP contribution in [-0.4, -0.2) is 5.11 Å². The maximum absolute atomic E-state index is 9.04. The Morgan fingerprint density at radius 2 is 2.20 bits per heavy atom. The highest BCUT2D eigenvalue weighted by molar-refractivity contribution is 5.09. The summed E-state index contributed by atoms with van der Waals surface area (Å²) in [4.78, 5) is 0. The van der Waals surface area contributed by atoms with Gasteiger partial charge in [-0.25, -0.2) is 0 Å². The smallest absolute Gasteiger partial charge is 0.211 e. The molecule has 1 rings (SSSR count). The van der Waals surface area contributed by atoms with Crippen molar-refractivity contribution in [2.75, 3.05) is 0 Å². The first-order valence-electron chi connectivity index (χ1n) is 3.40. The number of pyridine rings is 1. The summed E-state index contributed by atoms with van der Waals surface area (Å²) in [6, 6.07) is 3.90. The van der Waals surface area contributed by atoms with Gasteiger partial charge in [-0.15, -0.1) is 0 Å². The fraction of sp³-hybridized carbons (Fsp3) is 0.375. The van der Waals surface area contributed by atoms with Crippen molar-refractivity contribution >= 4 is 0 Å². The molecule has 1 aromatic rings. The van der Waals surface area contributed by atoms with E-state index in [0.29, 0.717) is 11.8 Å². The van der Waals surface area contributed by atoms with Crippen molar-refractivity contribution < 1.29 is 9.67 Å². The van der Waals surface area contributed by atoms with Gasteiger partial charge in [0.05, 0.1) is 0 Å². The van der Waals surface area contributed by atoms with Gasteiger partial charge < -0.3 is 5.11 Å². The largest absolute Gasteiger partial charge is 0.503 e. The SMILES string of the molecule is CC(C)[n+]1cccc(O)c1. The molecule has 2 heteroatoms. The summed E-state index contributed by atoms with van der Waals surface area (Å²) >= 11 is 0. The van der Waals surface area contributed by atoms with E-state index in [1.54, 1.807) is 12.3 Å². The zero-order valence-corrected chi connectivity index (χ0v) is 6.28. The van der Waals surface area contributed by atoms with E-state index in [1.165, 1.54) is 0 Å². The van der Waals surface area contributed by atoms with Crippen LogP contribution in [0, 0.1) is 0 Å². The third-order valence-corrected chi connectivity index (χ3v) is 1.40. The first-order chi connectivity index (χ1) is 4.70. The van der Waals surface area contributed by atoms with Crippen molar-refractivity contribution in [3.05, 3.63) is 24.5 Å². The third kappa shape index (κ3) is 1.47. The van der Waals surface area contributed by atoms with Gasteiger partial charge in [-0.1, -0.05) is 0 Å². The topological polar surface area (TPSA) is 24.1 Å². The summed E-state index contributed by atoms with van der Waals surface area (Å²) in [6.07, 6.45) is 3.65. The Morgan fingerprint density at radius 3 is 2.60 bits per heavy atom. The van der Waals surface area contributed by atoms with Crippen molar-refractivity contribution in [1.29, 1.82) is 0 Å². The molecule has 0 radical (unpaired) electrons. The van der Waals surface area contributed by atoms with E-state index >= 15 is 0 Å². The molecule has 0 aliphatic rings. The summed E-state index contributed by atoms with van der Waals surface area (Å²) < 4.78 is 1.95. The Labute approximate surface area is 60.8 Å². The molecule has 1 aromatic heterocycles. The number of rotatable bonds is 1. The van der Waals surface area contributed by atoms with Gasteiger partial charge in [0.25, 0.3) is 0 Å². The predicted molar refractivity (Wildman–Crippen MR) is 38.7 cm³/mol. The van der Waals surface area contributed by atoms with E-state index < -0.39 is 0 Å². The lowest BCUT2D eigenvalue weighted by atomic mass is 10.3. The van der Waals surface area contributed by atoms with E-state index in [9.17, 15) is 0 Å². The zero-order valence-electron chi connectivity index (χ0n) is 6.28. The first-order valence-corrected chi connectivity index (χ1v) is 3.40. The standard InChI is InChI=1S/C8H11NO/c1-7(2)9-5-3-4-8(10)6-9/h3-7H,1-2H3/p+1. The lowest BCUT2D eigenvalue weighted by Crippen LogP contribution is -2.34. The molecule has 1 heterocycles. The molecular weight excluding hydrogens is 126 g/mol. The minimum atomic E-state index is 0.316. The van der Waals surface area contributed by atoms with Crippen molar-refractivity contribution in [2.45, 2.75) is 19.9 Å². The molecule has 0 aromatic carbocycles. The van der Waals surface area contributed by atoms with E-state index in [1.807, 2.05) is 16.8 Å². The molecule has 0 aliphatic heterocycles. The van der Waals surface area contributed by atoms with Crippen LogP contribution in [0.2, 0.25) is 0 Å². The van der Waals surface area contributed by atoms with Gasteiger partial charge >= 0.3 is 0 Å². The van der Waals surface area contributed by atoms with E-state index in [0.717, 1.165) is 0 Å². The molecule has 0 saturated carbocycles.